The van der Waals surface area contributed by atoms with Crippen LogP contribution in [0, 0.1) is 0 Å². The van der Waals surface area contributed by atoms with Gasteiger partial charge < -0.3 is 26.3 Å². The maximum absolute atomic E-state index is 13.0. The molecule has 6 heteroatoms. The third-order valence-electron chi connectivity index (χ3n) is 5.89. The predicted molar refractivity (Wildman–Crippen MR) is 129 cm³/mol. The zero-order valence-electron chi connectivity index (χ0n) is 18.7. The molecule has 0 saturated heterocycles. The van der Waals surface area contributed by atoms with Crippen molar-refractivity contribution in [2.45, 2.75) is 50.9 Å². The van der Waals surface area contributed by atoms with E-state index in [9.17, 15) is 4.79 Å². The Kier molecular flexibility index (Phi) is 7.60. The van der Waals surface area contributed by atoms with E-state index in [0.29, 0.717) is 36.0 Å². The van der Waals surface area contributed by atoms with Crippen LogP contribution in [0.25, 0.3) is 0 Å². The fraction of sp³-hybridized carbons (Fsp3) is 0.296. The summed E-state index contributed by atoms with van der Waals surface area (Å²) in [6.45, 7) is 0.882. The fourth-order valence-corrected chi connectivity index (χ4v) is 3.94. The topological polar surface area (TPSA) is 99.6 Å². The molecule has 0 aliphatic heterocycles. The Hall–Kier alpha value is -3.35. The van der Waals surface area contributed by atoms with E-state index >= 15 is 0 Å². The minimum absolute atomic E-state index is 0.133. The number of nitrogens with two attached hydrogens (primary N) is 2. The van der Waals surface area contributed by atoms with Crippen LogP contribution in [0.5, 0.6) is 17.2 Å². The van der Waals surface area contributed by atoms with Crippen molar-refractivity contribution in [1.82, 2.24) is 5.32 Å². The SMILES string of the molecule is NCc1ccc(COc2cc(Oc3ccccc3)cc(C(=O)NC3CCC(N)CC3)c2)cc1. The van der Waals surface area contributed by atoms with Crippen molar-refractivity contribution in [2.75, 3.05) is 0 Å². The zero-order valence-corrected chi connectivity index (χ0v) is 18.7. The minimum Gasteiger partial charge on any atom is -0.489 e. The highest BCUT2D eigenvalue weighted by atomic mass is 16.5. The first kappa shape index (κ1) is 22.8. The maximum Gasteiger partial charge on any atom is 0.251 e. The van der Waals surface area contributed by atoms with Crippen LogP contribution in [-0.2, 0) is 13.2 Å². The summed E-state index contributed by atoms with van der Waals surface area (Å²) in [6, 6.07) is 23.1. The van der Waals surface area contributed by atoms with Crippen LogP contribution in [0.15, 0.2) is 72.8 Å². The van der Waals surface area contributed by atoms with E-state index in [1.165, 1.54) is 0 Å². The van der Waals surface area contributed by atoms with Crippen LogP contribution in [0.3, 0.4) is 0 Å². The number of benzene rings is 3. The molecule has 3 aromatic rings. The number of para-hydroxylation sites is 1. The van der Waals surface area contributed by atoms with Crippen LogP contribution in [-0.4, -0.2) is 18.0 Å². The Morgan fingerprint density at radius 2 is 1.52 bits per heavy atom. The molecule has 0 aromatic heterocycles. The van der Waals surface area contributed by atoms with Gasteiger partial charge in [-0.3, -0.25) is 4.79 Å². The van der Waals surface area contributed by atoms with Gasteiger partial charge in [0.1, 0.15) is 23.9 Å². The van der Waals surface area contributed by atoms with Gasteiger partial charge in [-0.2, -0.15) is 0 Å². The molecular formula is C27H31N3O3. The van der Waals surface area contributed by atoms with Gasteiger partial charge in [0.15, 0.2) is 0 Å². The Morgan fingerprint density at radius 3 is 2.21 bits per heavy atom. The lowest BCUT2D eigenvalue weighted by Gasteiger charge is -2.26. The van der Waals surface area contributed by atoms with E-state index in [-0.39, 0.29) is 18.0 Å². The van der Waals surface area contributed by atoms with Gasteiger partial charge in [-0.1, -0.05) is 42.5 Å². The Balaban J connectivity index is 1.51. The van der Waals surface area contributed by atoms with Crippen LogP contribution in [0.4, 0.5) is 0 Å². The average molecular weight is 446 g/mol. The third kappa shape index (κ3) is 6.57. The molecule has 1 aliphatic rings. The van der Waals surface area contributed by atoms with Crippen molar-refractivity contribution < 1.29 is 14.3 Å². The second kappa shape index (κ2) is 11.0. The number of ether oxygens (including phenoxy) is 2. The normalized spacial score (nSPS) is 17.9. The summed E-state index contributed by atoms with van der Waals surface area (Å²) in [5.41, 5.74) is 14.3. The molecule has 1 aliphatic carbocycles. The molecule has 0 radical (unpaired) electrons. The van der Waals surface area contributed by atoms with Crippen molar-refractivity contribution in [3.05, 3.63) is 89.5 Å². The molecular weight excluding hydrogens is 414 g/mol. The monoisotopic (exact) mass is 445 g/mol. The van der Waals surface area contributed by atoms with Gasteiger partial charge in [0.2, 0.25) is 0 Å². The summed E-state index contributed by atoms with van der Waals surface area (Å²) < 4.78 is 12.0. The fourth-order valence-electron chi connectivity index (χ4n) is 3.94. The number of carbonyl (C=O) groups excluding carboxylic acids is 1. The lowest BCUT2D eigenvalue weighted by molar-refractivity contribution is 0.0925. The second-order valence-electron chi connectivity index (χ2n) is 8.50. The van der Waals surface area contributed by atoms with Gasteiger partial charge in [-0.25, -0.2) is 0 Å². The highest BCUT2D eigenvalue weighted by Crippen LogP contribution is 2.28. The number of amides is 1. The molecule has 4 rings (SSSR count). The van der Waals surface area contributed by atoms with Crippen LogP contribution in [0.1, 0.15) is 47.2 Å². The van der Waals surface area contributed by atoms with E-state index < -0.39 is 0 Å². The van der Waals surface area contributed by atoms with E-state index in [1.807, 2.05) is 54.6 Å². The lowest BCUT2D eigenvalue weighted by atomic mass is 9.91. The number of hydrogen-bond donors (Lipinski definition) is 3. The van der Waals surface area contributed by atoms with Gasteiger partial charge in [-0.15, -0.1) is 0 Å². The number of rotatable bonds is 8. The Labute approximate surface area is 194 Å². The highest BCUT2D eigenvalue weighted by molar-refractivity contribution is 5.95. The quantitative estimate of drug-likeness (QED) is 0.474. The van der Waals surface area contributed by atoms with Crippen LogP contribution >= 0.6 is 0 Å². The molecule has 0 bridgehead atoms. The summed E-state index contributed by atoms with van der Waals surface area (Å²) in [5, 5.41) is 3.14. The Morgan fingerprint density at radius 1 is 0.848 bits per heavy atom. The number of carbonyl (C=O) groups is 1. The summed E-state index contributed by atoms with van der Waals surface area (Å²) in [7, 11) is 0. The van der Waals surface area contributed by atoms with E-state index in [0.717, 1.165) is 36.8 Å². The van der Waals surface area contributed by atoms with Crippen LogP contribution < -0.4 is 26.3 Å². The molecule has 6 nitrogen and oxygen atoms in total. The first-order valence-electron chi connectivity index (χ1n) is 11.4. The van der Waals surface area contributed by atoms with Gasteiger partial charge in [0.25, 0.3) is 5.91 Å². The summed E-state index contributed by atoms with van der Waals surface area (Å²) >= 11 is 0. The molecule has 0 spiro atoms. The molecule has 1 amide bonds. The molecule has 0 atom stereocenters. The minimum atomic E-state index is -0.133. The molecule has 172 valence electrons. The van der Waals surface area contributed by atoms with E-state index in [1.54, 1.807) is 18.2 Å². The zero-order chi connectivity index (χ0) is 23.0. The molecule has 5 N–H and O–H groups in total. The number of hydrogen-bond acceptors (Lipinski definition) is 5. The van der Waals surface area contributed by atoms with Gasteiger partial charge in [-0.05, 0) is 61.1 Å². The van der Waals surface area contributed by atoms with Gasteiger partial charge in [0, 0.05) is 30.3 Å². The third-order valence-corrected chi connectivity index (χ3v) is 5.89. The molecule has 0 unspecified atom stereocenters. The first-order chi connectivity index (χ1) is 16.1. The van der Waals surface area contributed by atoms with Crippen molar-refractivity contribution in [3.63, 3.8) is 0 Å². The first-order valence-corrected chi connectivity index (χ1v) is 11.4. The molecule has 1 fully saturated rings. The second-order valence-corrected chi connectivity index (χ2v) is 8.50. The summed E-state index contributed by atoms with van der Waals surface area (Å²) in [4.78, 5) is 13.0. The maximum atomic E-state index is 13.0. The Bertz CT molecular complexity index is 1050. The smallest absolute Gasteiger partial charge is 0.251 e. The standard InChI is InChI=1S/C27H31N3O3/c28-17-19-6-8-20(9-7-19)18-32-25-14-21(27(31)30-23-12-10-22(29)11-13-23)15-26(16-25)33-24-4-2-1-3-5-24/h1-9,14-16,22-23H,10-13,17-18,28-29H2,(H,30,31). The van der Waals surface area contributed by atoms with Gasteiger partial charge in [0.05, 0.1) is 0 Å². The van der Waals surface area contributed by atoms with E-state index in [2.05, 4.69) is 5.32 Å². The molecule has 0 heterocycles. The molecule has 3 aromatic carbocycles. The largest absolute Gasteiger partial charge is 0.489 e. The number of nitrogens with one attached hydrogen (secondary N) is 1. The molecule has 33 heavy (non-hydrogen) atoms. The predicted octanol–water partition coefficient (Wildman–Crippen LogP) is 4.52. The summed E-state index contributed by atoms with van der Waals surface area (Å²) in [5.74, 6) is 1.68. The summed E-state index contributed by atoms with van der Waals surface area (Å²) in [6.07, 6.45) is 3.66. The van der Waals surface area contributed by atoms with E-state index in [4.69, 9.17) is 20.9 Å². The van der Waals surface area contributed by atoms with Crippen molar-refractivity contribution >= 4 is 5.91 Å². The van der Waals surface area contributed by atoms with Crippen molar-refractivity contribution in [1.29, 1.82) is 0 Å². The van der Waals surface area contributed by atoms with Crippen LogP contribution in [0.2, 0.25) is 0 Å². The highest BCUT2D eigenvalue weighted by Gasteiger charge is 2.21. The van der Waals surface area contributed by atoms with Crippen molar-refractivity contribution in [3.8, 4) is 17.2 Å². The lowest BCUT2D eigenvalue weighted by Crippen LogP contribution is -2.40. The average Bonchev–Trinajstić information content (AvgIpc) is 2.85. The molecule has 1 saturated carbocycles. The van der Waals surface area contributed by atoms with Gasteiger partial charge >= 0.3 is 0 Å². The van der Waals surface area contributed by atoms with Crippen molar-refractivity contribution in [2.24, 2.45) is 11.5 Å².